The molecular formula is C12H17NS. The minimum Gasteiger partial charge on any atom is -0.321 e. The molecule has 1 aromatic rings. The van der Waals surface area contributed by atoms with Gasteiger partial charge >= 0.3 is 0 Å². The van der Waals surface area contributed by atoms with Crippen molar-refractivity contribution in [2.24, 2.45) is 11.1 Å². The maximum atomic E-state index is 6.41. The summed E-state index contributed by atoms with van der Waals surface area (Å²) >= 11 is 1.78. The standard InChI is InChI=1S/C12H17NS/c1-11(2)8-12(11,13)9-6-4-5-7-10(9)14-3/h4-7H,8,13H2,1-3H3. The van der Waals surface area contributed by atoms with Crippen LogP contribution < -0.4 is 5.73 Å². The van der Waals surface area contributed by atoms with E-state index in [0.29, 0.717) is 0 Å². The Kier molecular flexibility index (Phi) is 2.16. The summed E-state index contributed by atoms with van der Waals surface area (Å²) in [4.78, 5) is 1.32. The molecule has 0 amide bonds. The topological polar surface area (TPSA) is 26.0 Å². The van der Waals surface area contributed by atoms with Gasteiger partial charge in [0.15, 0.2) is 0 Å². The van der Waals surface area contributed by atoms with Crippen LogP contribution in [0.2, 0.25) is 0 Å². The third kappa shape index (κ3) is 1.29. The minimum atomic E-state index is -0.0907. The molecule has 76 valence electrons. The first kappa shape index (κ1) is 10.1. The molecule has 0 aromatic heterocycles. The smallest absolute Gasteiger partial charge is 0.0479 e. The molecule has 0 aliphatic heterocycles. The van der Waals surface area contributed by atoms with Gasteiger partial charge in [-0.05, 0) is 29.7 Å². The Hall–Kier alpha value is -0.470. The molecule has 14 heavy (non-hydrogen) atoms. The second-order valence-corrected chi connectivity index (χ2v) is 5.58. The van der Waals surface area contributed by atoms with Crippen LogP contribution in [0, 0.1) is 5.41 Å². The summed E-state index contributed by atoms with van der Waals surface area (Å²) in [6.07, 6.45) is 3.20. The van der Waals surface area contributed by atoms with E-state index >= 15 is 0 Å². The molecule has 0 spiro atoms. The van der Waals surface area contributed by atoms with Crippen LogP contribution in [0.25, 0.3) is 0 Å². The SMILES string of the molecule is CSc1ccccc1C1(N)CC1(C)C. The van der Waals surface area contributed by atoms with Crippen LogP contribution in [0.4, 0.5) is 0 Å². The fraction of sp³-hybridized carbons (Fsp3) is 0.500. The number of rotatable bonds is 2. The average molecular weight is 207 g/mol. The molecule has 2 rings (SSSR count). The fourth-order valence-electron chi connectivity index (χ4n) is 2.13. The van der Waals surface area contributed by atoms with E-state index in [2.05, 4.69) is 44.4 Å². The summed E-state index contributed by atoms with van der Waals surface area (Å²) in [6.45, 7) is 4.48. The highest BCUT2D eigenvalue weighted by Gasteiger charge is 2.59. The van der Waals surface area contributed by atoms with Gasteiger partial charge < -0.3 is 5.73 Å². The Morgan fingerprint density at radius 2 is 1.86 bits per heavy atom. The van der Waals surface area contributed by atoms with Crippen molar-refractivity contribution in [3.8, 4) is 0 Å². The zero-order valence-corrected chi connectivity index (χ0v) is 9.82. The lowest BCUT2D eigenvalue weighted by molar-refractivity contribution is 0.504. The van der Waals surface area contributed by atoms with Gasteiger partial charge in [0.05, 0.1) is 0 Å². The summed E-state index contributed by atoms with van der Waals surface area (Å²) in [5.74, 6) is 0. The first-order chi connectivity index (χ1) is 6.51. The summed E-state index contributed by atoms with van der Waals surface area (Å²) in [5.41, 5.74) is 7.90. The molecule has 2 heteroatoms. The molecular weight excluding hydrogens is 190 g/mol. The van der Waals surface area contributed by atoms with Crippen molar-refractivity contribution in [2.45, 2.75) is 30.7 Å². The molecule has 1 unspecified atom stereocenters. The molecule has 1 aliphatic carbocycles. The van der Waals surface area contributed by atoms with Crippen LogP contribution in [0.3, 0.4) is 0 Å². The number of hydrogen-bond donors (Lipinski definition) is 1. The van der Waals surface area contributed by atoms with Gasteiger partial charge in [0.2, 0.25) is 0 Å². The van der Waals surface area contributed by atoms with Gasteiger partial charge in [0.25, 0.3) is 0 Å². The van der Waals surface area contributed by atoms with Gasteiger partial charge in [0, 0.05) is 10.4 Å². The number of benzene rings is 1. The van der Waals surface area contributed by atoms with Crippen LogP contribution in [-0.4, -0.2) is 6.26 Å². The largest absolute Gasteiger partial charge is 0.321 e. The number of thioether (sulfide) groups is 1. The zero-order valence-electron chi connectivity index (χ0n) is 9.00. The molecule has 1 saturated carbocycles. The molecule has 0 saturated heterocycles. The van der Waals surface area contributed by atoms with Crippen molar-refractivity contribution in [2.75, 3.05) is 6.26 Å². The zero-order chi connectivity index (χ0) is 10.4. The highest BCUT2D eigenvalue weighted by atomic mass is 32.2. The van der Waals surface area contributed by atoms with Crippen molar-refractivity contribution < 1.29 is 0 Å². The maximum Gasteiger partial charge on any atom is 0.0479 e. The highest BCUT2D eigenvalue weighted by Crippen LogP contribution is 2.61. The van der Waals surface area contributed by atoms with Crippen LogP contribution in [0.5, 0.6) is 0 Å². The summed E-state index contributed by atoms with van der Waals surface area (Å²) < 4.78 is 0. The first-order valence-corrected chi connectivity index (χ1v) is 6.16. The molecule has 0 bridgehead atoms. The van der Waals surface area contributed by atoms with Gasteiger partial charge in [-0.25, -0.2) is 0 Å². The fourth-order valence-corrected chi connectivity index (χ4v) is 2.81. The Morgan fingerprint density at radius 1 is 1.29 bits per heavy atom. The Morgan fingerprint density at radius 3 is 2.36 bits per heavy atom. The van der Waals surface area contributed by atoms with Crippen LogP contribution in [0.15, 0.2) is 29.2 Å². The van der Waals surface area contributed by atoms with Crippen LogP contribution in [-0.2, 0) is 5.54 Å². The van der Waals surface area contributed by atoms with E-state index in [9.17, 15) is 0 Å². The third-order valence-electron chi connectivity index (χ3n) is 3.39. The second kappa shape index (κ2) is 3.01. The predicted molar refractivity (Wildman–Crippen MR) is 62.5 cm³/mol. The predicted octanol–water partition coefficient (Wildman–Crippen LogP) is 2.99. The number of nitrogens with two attached hydrogens (primary N) is 1. The number of hydrogen-bond acceptors (Lipinski definition) is 2. The minimum absolute atomic E-state index is 0.0907. The van der Waals surface area contributed by atoms with Crippen molar-refractivity contribution >= 4 is 11.8 Å². The van der Waals surface area contributed by atoms with E-state index in [1.54, 1.807) is 11.8 Å². The van der Waals surface area contributed by atoms with Gasteiger partial charge in [-0.1, -0.05) is 32.0 Å². The summed E-state index contributed by atoms with van der Waals surface area (Å²) in [5, 5.41) is 0. The Balaban J connectivity index is 2.43. The normalized spacial score (nSPS) is 28.9. The molecule has 1 atom stereocenters. The van der Waals surface area contributed by atoms with Gasteiger partial charge in [-0.3, -0.25) is 0 Å². The summed E-state index contributed by atoms with van der Waals surface area (Å²) in [6, 6.07) is 8.48. The van der Waals surface area contributed by atoms with E-state index in [-0.39, 0.29) is 11.0 Å². The van der Waals surface area contributed by atoms with E-state index in [1.165, 1.54) is 10.5 Å². The van der Waals surface area contributed by atoms with Crippen molar-refractivity contribution in [3.05, 3.63) is 29.8 Å². The lowest BCUT2D eigenvalue weighted by atomic mass is 9.97. The van der Waals surface area contributed by atoms with Gasteiger partial charge in [-0.2, -0.15) is 0 Å². The van der Waals surface area contributed by atoms with E-state index < -0.39 is 0 Å². The Bertz CT molecular complexity index is 359. The lowest BCUT2D eigenvalue weighted by Crippen LogP contribution is -2.26. The average Bonchev–Trinajstić information content (AvgIpc) is 2.67. The Labute approximate surface area is 90.1 Å². The lowest BCUT2D eigenvalue weighted by Gasteiger charge is -2.18. The highest BCUT2D eigenvalue weighted by molar-refractivity contribution is 7.98. The monoisotopic (exact) mass is 207 g/mol. The van der Waals surface area contributed by atoms with Crippen molar-refractivity contribution in [3.63, 3.8) is 0 Å². The second-order valence-electron chi connectivity index (χ2n) is 4.73. The van der Waals surface area contributed by atoms with Gasteiger partial charge in [0.1, 0.15) is 0 Å². The molecule has 0 radical (unpaired) electrons. The molecule has 1 fully saturated rings. The van der Waals surface area contributed by atoms with Crippen molar-refractivity contribution in [1.82, 2.24) is 0 Å². The molecule has 2 N–H and O–H groups in total. The van der Waals surface area contributed by atoms with Crippen LogP contribution >= 0.6 is 11.8 Å². The first-order valence-electron chi connectivity index (χ1n) is 4.94. The molecule has 1 aliphatic rings. The van der Waals surface area contributed by atoms with E-state index in [4.69, 9.17) is 5.73 Å². The van der Waals surface area contributed by atoms with E-state index in [1.807, 2.05) is 0 Å². The molecule has 1 nitrogen and oxygen atoms in total. The van der Waals surface area contributed by atoms with Crippen molar-refractivity contribution in [1.29, 1.82) is 0 Å². The molecule has 1 aromatic carbocycles. The summed E-state index contributed by atoms with van der Waals surface area (Å²) in [7, 11) is 0. The van der Waals surface area contributed by atoms with Crippen LogP contribution in [0.1, 0.15) is 25.8 Å². The van der Waals surface area contributed by atoms with Gasteiger partial charge in [-0.15, -0.1) is 11.8 Å². The van der Waals surface area contributed by atoms with E-state index in [0.717, 1.165) is 6.42 Å². The third-order valence-corrected chi connectivity index (χ3v) is 4.19. The quantitative estimate of drug-likeness (QED) is 0.754. The molecule has 0 heterocycles. The maximum absolute atomic E-state index is 6.41.